The highest BCUT2D eigenvalue weighted by Gasteiger charge is 2.51. The van der Waals surface area contributed by atoms with Crippen molar-refractivity contribution in [2.45, 2.75) is 77.3 Å². The van der Waals surface area contributed by atoms with Crippen molar-refractivity contribution < 1.29 is 33.6 Å². The molecule has 3 rings (SSSR count). The summed E-state index contributed by atoms with van der Waals surface area (Å²) in [5, 5.41) is 24.2. The van der Waals surface area contributed by atoms with Crippen LogP contribution in [0.2, 0.25) is 0 Å². The van der Waals surface area contributed by atoms with Gasteiger partial charge in [-0.2, -0.15) is 0 Å². The van der Waals surface area contributed by atoms with Gasteiger partial charge in [0.1, 0.15) is 29.9 Å². The Balaban J connectivity index is 1.87. The molecule has 0 spiro atoms. The number of hydrogen-bond donors (Lipinski definition) is 3. The Morgan fingerprint density at radius 1 is 1.18 bits per heavy atom. The lowest BCUT2D eigenvalue weighted by molar-refractivity contribution is -0.314. The number of benzene rings is 2. The monoisotopic (exact) mass is 475 g/mol. The minimum atomic E-state index is -1.34. The van der Waals surface area contributed by atoms with E-state index in [1.165, 1.54) is 19.1 Å². The van der Waals surface area contributed by atoms with Gasteiger partial charge in [0.05, 0.1) is 11.7 Å². The zero-order valence-electron chi connectivity index (χ0n) is 20.2. The summed E-state index contributed by atoms with van der Waals surface area (Å²) in [6.45, 7) is 9.12. The molecule has 1 aliphatic rings. The molecule has 8 heteroatoms. The SMILES string of the molecule is CC(=O)NCCc1ccc(O[C@@H]2OC(C)(C)[C@H](OC(C)C)[C@@H](O)[C@H]2O)cc1-c1cccc(F)c1. The van der Waals surface area contributed by atoms with Crippen molar-refractivity contribution in [2.75, 3.05) is 6.54 Å². The molecular formula is C26H34FNO6. The average Bonchev–Trinajstić information content (AvgIpc) is 2.75. The van der Waals surface area contributed by atoms with Crippen LogP contribution in [0.1, 0.15) is 40.2 Å². The van der Waals surface area contributed by atoms with Crippen LogP contribution in [0.5, 0.6) is 5.75 Å². The van der Waals surface area contributed by atoms with E-state index in [-0.39, 0.29) is 17.8 Å². The third-order valence-electron chi connectivity index (χ3n) is 5.70. The van der Waals surface area contributed by atoms with Crippen molar-refractivity contribution in [2.24, 2.45) is 0 Å². The van der Waals surface area contributed by atoms with Gasteiger partial charge in [-0.1, -0.05) is 18.2 Å². The van der Waals surface area contributed by atoms with Gasteiger partial charge in [-0.05, 0) is 75.1 Å². The van der Waals surface area contributed by atoms with E-state index in [2.05, 4.69) is 5.32 Å². The summed E-state index contributed by atoms with van der Waals surface area (Å²) in [5.41, 5.74) is 1.35. The Morgan fingerprint density at radius 3 is 2.56 bits per heavy atom. The van der Waals surface area contributed by atoms with Crippen molar-refractivity contribution in [3.63, 3.8) is 0 Å². The first-order valence-electron chi connectivity index (χ1n) is 11.5. The molecule has 1 aliphatic heterocycles. The van der Waals surface area contributed by atoms with E-state index in [0.717, 1.165) is 11.1 Å². The van der Waals surface area contributed by atoms with Gasteiger partial charge in [0, 0.05) is 13.5 Å². The Hall–Kier alpha value is -2.52. The molecule has 1 amide bonds. The smallest absolute Gasteiger partial charge is 0.229 e. The number of hydrogen-bond acceptors (Lipinski definition) is 6. The van der Waals surface area contributed by atoms with E-state index in [1.807, 2.05) is 19.9 Å². The van der Waals surface area contributed by atoms with Gasteiger partial charge >= 0.3 is 0 Å². The highest BCUT2D eigenvalue weighted by Crippen LogP contribution is 2.35. The lowest BCUT2D eigenvalue weighted by Gasteiger charge is -2.47. The average molecular weight is 476 g/mol. The molecule has 4 atom stereocenters. The molecule has 1 saturated heterocycles. The molecule has 2 aromatic carbocycles. The predicted octanol–water partition coefficient (Wildman–Crippen LogP) is 3.20. The van der Waals surface area contributed by atoms with Crippen LogP contribution in [0.15, 0.2) is 42.5 Å². The number of rotatable bonds is 8. The van der Waals surface area contributed by atoms with Crippen LogP contribution in [-0.4, -0.2) is 59.0 Å². The van der Waals surface area contributed by atoms with E-state index in [4.69, 9.17) is 14.2 Å². The summed E-state index contributed by atoms with van der Waals surface area (Å²) in [4.78, 5) is 11.3. The highest BCUT2D eigenvalue weighted by molar-refractivity contribution is 5.73. The van der Waals surface area contributed by atoms with Crippen LogP contribution in [0.25, 0.3) is 11.1 Å². The Morgan fingerprint density at radius 2 is 1.91 bits per heavy atom. The van der Waals surface area contributed by atoms with Crippen LogP contribution in [0, 0.1) is 5.82 Å². The molecule has 3 N–H and O–H groups in total. The van der Waals surface area contributed by atoms with E-state index < -0.39 is 30.2 Å². The Kier molecular flexibility index (Phi) is 8.30. The van der Waals surface area contributed by atoms with E-state index in [1.54, 1.807) is 38.1 Å². The number of nitrogens with one attached hydrogen (secondary N) is 1. The fraction of sp³-hybridized carbons (Fsp3) is 0.500. The number of ether oxygens (including phenoxy) is 3. The van der Waals surface area contributed by atoms with Crippen LogP contribution in [-0.2, 0) is 20.7 Å². The molecule has 0 aliphatic carbocycles. The zero-order valence-corrected chi connectivity index (χ0v) is 20.2. The number of aliphatic hydroxyl groups is 2. The Labute approximate surface area is 199 Å². The molecule has 0 saturated carbocycles. The van der Waals surface area contributed by atoms with Crippen molar-refractivity contribution in [3.05, 3.63) is 53.8 Å². The van der Waals surface area contributed by atoms with Gasteiger partial charge in [-0.3, -0.25) is 4.79 Å². The summed E-state index contributed by atoms with van der Waals surface area (Å²) >= 11 is 0. The quantitative estimate of drug-likeness (QED) is 0.543. The van der Waals surface area contributed by atoms with E-state index >= 15 is 0 Å². The second kappa shape index (κ2) is 10.8. The van der Waals surface area contributed by atoms with Gasteiger partial charge in [0.25, 0.3) is 0 Å². The molecule has 186 valence electrons. The van der Waals surface area contributed by atoms with E-state index in [0.29, 0.717) is 24.3 Å². The molecule has 0 unspecified atom stereocenters. The van der Waals surface area contributed by atoms with Crippen LogP contribution >= 0.6 is 0 Å². The summed E-state index contributed by atoms with van der Waals surface area (Å²) in [6, 6.07) is 11.5. The van der Waals surface area contributed by atoms with Crippen LogP contribution in [0.4, 0.5) is 4.39 Å². The molecule has 0 radical (unpaired) electrons. The molecule has 1 fully saturated rings. The lowest BCUT2D eigenvalue weighted by atomic mass is 9.89. The molecule has 1 heterocycles. The van der Waals surface area contributed by atoms with Crippen molar-refractivity contribution >= 4 is 5.91 Å². The third-order valence-corrected chi connectivity index (χ3v) is 5.70. The van der Waals surface area contributed by atoms with Gasteiger partial charge in [0.15, 0.2) is 0 Å². The lowest BCUT2D eigenvalue weighted by Crippen LogP contribution is -2.64. The fourth-order valence-electron chi connectivity index (χ4n) is 4.10. The first-order valence-corrected chi connectivity index (χ1v) is 11.5. The van der Waals surface area contributed by atoms with Gasteiger partial charge in [0.2, 0.25) is 12.2 Å². The number of carbonyl (C=O) groups is 1. The topological polar surface area (TPSA) is 97.3 Å². The van der Waals surface area contributed by atoms with Gasteiger partial charge < -0.3 is 29.7 Å². The summed E-state index contributed by atoms with van der Waals surface area (Å²) in [5.74, 6) is -0.113. The number of amides is 1. The zero-order chi connectivity index (χ0) is 25.0. The van der Waals surface area contributed by atoms with Gasteiger partial charge in [-0.25, -0.2) is 4.39 Å². The summed E-state index contributed by atoms with van der Waals surface area (Å²) < 4.78 is 31.7. The molecule has 0 aromatic heterocycles. The minimum Gasteiger partial charge on any atom is -0.462 e. The van der Waals surface area contributed by atoms with Gasteiger partial charge in [-0.15, -0.1) is 0 Å². The molecule has 7 nitrogen and oxygen atoms in total. The summed E-state index contributed by atoms with van der Waals surface area (Å²) in [7, 11) is 0. The maximum Gasteiger partial charge on any atom is 0.229 e. The van der Waals surface area contributed by atoms with Crippen molar-refractivity contribution in [1.29, 1.82) is 0 Å². The fourth-order valence-corrected chi connectivity index (χ4v) is 4.10. The molecule has 0 bridgehead atoms. The number of carbonyl (C=O) groups excluding carboxylic acids is 1. The van der Waals surface area contributed by atoms with Crippen molar-refractivity contribution in [3.8, 4) is 16.9 Å². The highest BCUT2D eigenvalue weighted by atomic mass is 19.1. The van der Waals surface area contributed by atoms with E-state index in [9.17, 15) is 19.4 Å². The second-order valence-corrected chi connectivity index (χ2v) is 9.36. The first kappa shape index (κ1) is 26.1. The third kappa shape index (κ3) is 6.33. The summed E-state index contributed by atoms with van der Waals surface area (Å²) in [6.07, 6.45) is -4.05. The standard InChI is InChI=1S/C26H34FNO6/c1-15(2)32-24-22(30)23(31)25(34-26(24,4)5)33-20-10-9-17(11-12-28-16(3)29)21(14-20)18-7-6-8-19(27)13-18/h6-10,13-15,22-25,30-31H,11-12H2,1-5H3,(H,28,29)/t22-,23+,24+,25+/m0/s1. The molecule has 2 aromatic rings. The maximum absolute atomic E-state index is 13.9. The predicted molar refractivity (Wildman–Crippen MR) is 126 cm³/mol. The molecular weight excluding hydrogens is 441 g/mol. The van der Waals surface area contributed by atoms with Crippen molar-refractivity contribution in [1.82, 2.24) is 5.32 Å². The largest absolute Gasteiger partial charge is 0.462 e. The normalized spacial score (nSPS) is 24.1. The number of halogens is 1. The number of aliphatic hydroxyl groups excluding tert-OH is 2. The minimum absolute atomic E-state index is 0.128. The maximum atomic E-state index is 13.9. The first-order chi connectivity index (χ1) is 16.0. The van der Waals surface area contributed by atoms with Crippen LogP contribution < -0.4 is 10.1 Å². The van der Waals surface area contributed by atoms with Crippen LogP contribution in [0.3, 0.4) is 0 Å². The Bertz CT molecular complexity index is 995. The second-order valence-electron chi connectivity index (χ2n) is 9.36. The molecule has 34 heavy (non-hydrogen) atoms.